The number of urea groups is 1. The summed E-state index contributed by atoms with van der Waals surface area (Å²) in [6, 6.07) is 7.34. The van der Waals surface area contributed by atoms with Crippen LogP contribution in [0.4, 0.5) is 4.79 Å². The summed E-state index contributed by atoms with van der Waals surface area (Å²) in [6.45, 7) is 3.20. The van der Waals surface area contributed by atoms with Crippen molar-refractivity contribution in [3.63, 3.8) is 0 Å². The molecule has 0 radical (unpaired) electrons. The van der Waals surface area contributed by atoms with Crippen molar-refractivity contribution in [2.75, 3.05) is 13.1 Å². The Labute approximate surface area is 168 Å². The van der Waals surface area contributed by atoms with E-state index in [0.717, 1.165) is 11.1 Å². The predicted octanol–water partition coefficient (Wildman–Crippen LogP) is 1.56. The lowest BCUT2D eigenvalue weighted by Gasteiger charge is -2.37. The van der Waals surface area contributed by atoms with Gasteiger partial charge in [-0.1, -0.05) is 12.1 Å². The minimum atomic E-state index is -0.992. The summed E-state index contributed by atoms with van der Waals surface area (Å²) in [7, 11) is 0. The average Bonchev–Trinajstić information content (AvgIpc) is 3.28. The maximum Gasteiger partial charge on any atom is 0.317 e. The van der Waals surface area contributed by atoms with Crippen molar-refractivity contribution in [1.29, 1.82) is 0 Å². The van der Waals surface area contributed by atoms with Crippen molar-refractivity contribution in [2.45, 2.75) is 31.9 Å². The summed E-state index contributed by atoms with van der Waals surface area (Å²) >= 11 is 0. The summed E-state index contributed by atoms with van der Waals surface area (Å²) in [5, 5.41) is 18.0. The molecule has 1 aliphatic rings. The molecule has 0 saturated carbocycles. The van der Waals surface area contributed by atoms with E-state index < -0.39 is 5.60 Å². The average molecular weight is 393 g/mol. The third-order valence-corrected chi connectivity index (χ3v) is 5.20. The Morgan fingerprint density at radius 1 is 1.24 bits per heavy atom. The van der Waals surface area contributed by atoms with Crippen LogP contribution in [0.3, 0.4) is 0 Å². The number of hydrogen-bond donors (Lipinski definition) is 2. The van der Waals surface area contributed by atoms with Crippen LogP contribution in [0.15, 0.2) is 49.3 Å². The minimum absolute atomic E-state index is 0.169. The number of pyridine rings is 2. The van der Waals surface area contributed by atoms with Crippen molar-refractivity contribution in [3.05, 3.63) is 66.1 Å². The summed E-state index contributed by atoms with van der Waals surface area (Å²) in [5.74, 6) is 0.628. The van der Waals surface area contributed by atoms with Crippen molar-refractivity contribution < 1.29 is 9.90 Å². The van der Waals surface area contributed by atoms with Crippen LogP contribution in [0.1, 0.15) is 29.7 Å². The highest BCUT2D eigenvalue weighted by Gasteiger charge is 2.36. The molecule has 1 aliphatic heterocycles. The summed E-state index contributed by atoms with van der Waals surface area (Å²) in [5.41, 5.74) is 1.56. The van der Waals surface area contributed by atoms with Gasteiger partial charge in [0.2, 0.25) is 0 Å². The lowest BCUT2D eigenvalue weighted by atomic mass is 9.87. The Bertz CT molecular complexity index is 965. The smallest absolute Gasteiger partial charge is 0.317 e. The van der Waals surface area contributed by atoms with Gasteiger partial charge in [0.15, 0.2) is 5.82 Å². The summed E-state index contributed by atoms with van der Waals surface area (Å²) in [4.78, 5) is 27.0. The molecule has 9 heteroatoms. The van der Waals surface area contributed by atoms with Gasteiger partial charge in [-0.05, 0) is 37.5 Å². The molecular weight excluding hydrogens is 370 g/mol. The van der Waals surface area contributed by atoms with Crippen LogP contribution < -0.4 is 5.32 Å². The number of hydrogen-bond acceptors (Lipinski definition) is 6. The third-order valence-electron chi connectivity index (χ3n) is 5.20. The van der Waals surface area contributed by atoms with E-state index in [1.165, 1.54) is 6.33 Å². The molecule has 2 amide bonds. The van der Waals surface area contributed by atoms with Crippen LogP contribution in [0.25, 0.3) is 5.82 Å². The van der Waals surface area contributed by atoms with Crippen molar-refractivity contribution >= 4 is 6.03 Å². The zero-order chi connectivity index (χ0) is 20.3. The Hall–Kier alpha value is -3.33. The van der Waals surface area contributed by atoms with Crippen LogP contribution in [-0.4, -0.2) is 53.9 Å². The van der Waals surface area contributed by atoms with E-state index in [0.29, 0.717) is 44.0 Å². The van der Waals surface area contributed by atoms with Gasteiger partial charge in [-0.15, -0.1) is 0 Å². The maximum absolute atomic E-state index is 12.6. The van der Waals surface area contributed by atoms with Gasteiger partial charge in [0, 0.05) is 37.6 Å². The van der Waals surface area contributed by atoms with Gasteiger partial charge >= 0.3 is 6.03 Å². The van der Waals surface area contributed by atoms with E-state index in [9.17, 15) is 9.90 Å². The molecule has 0 atom stereocenters. The van der Waals surface area contributed by atoms with Gasteiger partial charge < -0.3 is 15.3 Å². The zero-order valence-electron chi connectivity index (χ0n) is 16.2. The largest absolute Gasteiger partial charge is 0.383 e. The van der Waals surface area contributed by atoms with Crippen LogP contribution in [0.2, 0.25) is 0 Å². The van der Waals surface area contributed by atoms with E-state index in [-0.39, 0.29) is 6.03 Å². The maximum atomic E-state index is 12.6. The van der Waals surface area contributed by atoms with Crippen molar-refractivity contribution in [3.8, 4) is 5.82 Å². The fourth-order valence-electron chi connectivity index (χ4n) is 3.45. The van der Waals surface area contributed by atoms with Gasteiger partial charge in [0.05, 0.1) is 5.69 Å². The SMILES string of the molecule is Cc1ccc(C2(O)CCN(C(=O)NCc3cccnc3-n3cncn3)CC2)nc1. The molecule has 4 heterocycles. The molecule has 1 fully saturated rings. The second-order valence-corrected chi connectivity index (χ2v) is 7.22. The molecule has 0 spiro atoms. The van der Waals surface area contributed by atoms with Gasteiger partial charge in [0.1, 0.15) is 18.3 Å². The molecule has 3 aromatic heterocycles. The molecular formula is C20H23N7O2. The molecule has 0 bridgehead atoms. The second-order valence-electron chi connectivity index (χ2n) is 7.22. The molecule has 4 rings (SSSR count). The molecule has 0 aliphatic carbocycles. The lowest BCUT2D eigenvalue weighted by Crippen LogP contribution is -2.48. The minimum Gasteiger partial charge on any atom is -0.383 e. The van der Waals surface area contributed by atoms with E-state index in [2.05, 4.69) is 25.4 Å². The Morgan fingerprint density at radius 3 is 2.76 bits per heavy atom. The number of carbonyl (C=O) groups excluding carboxylic acids is 1. The molecule has 9 nitrogen and oxygen atoms in total. The predicted molar refractivity (Wildman–Crippen MR) is 105 cm³/mol. The van der Waals surface area contributed by atoms with Crippen molar-refractivity contribution in [1.82, 2.24) is 34.9 Å². The number of nitrogens with zero attached hydrogens (tertiary/aromatic N) is 6. The van der Waals surface area contributed by atoms with Gasteiger partial charge in [0.25, 0.3) is 0 Å². The first-order valence-corrected chi connectivity index (χ1v) is 9.52. The molecule has 1 saturated heterocycles. The highest BCUT2D eigenvalue weighted by molar-refractivity contribution is 5.74. The number of piperidine rings is 1. The molecule has 0 unspecified atom stereocenters. The normalized spacial score (nSPS) is 15.9. The first-order valence-electron chi connectivity index (χ1n) is 9.52. The highest BCUT2D eigenvalue weighted by atomic mass is 16.3. The van der Waals surface area contributed by atoms with Gasteiger partial charge in [-0.25, -0.2) is 19.4 Å². The standard InChI is InChI=1S/C20H23N7O2/c1-15-4-5-17(23-11-15)20(29)6-9-26(10-7-20)19(28)24-12-16-3-2-8-22-18(16)27-14-21-13-25-27/h2-5,8,11,13-14,29H,6-7,9-10,12H2,1H3,(H,24,28). The topological polar surface area (TPSA) is 109 Å². The Balaban J connectivity index is 1.36. The highest BCUT2D eigenvalue weighted by Crippen LogP contribution is 2.31. The van der Waals surface area contributed by atoms with Crippen LogP contribution in [0, 0.1) is 6.92 Å². The van der Waals surface area contributed by atoms with Gasteiger partial charge in [-0.2, -0.15) is 5.10 Å². The van der Waals surface area contributed by atoms with Crippen LogP contribution in [0.5, 0.6) is 0 Å². The Kier molecular flexibility index (Phi) is 5.22. The molecule has 0 aromatic carbocycles. The fraction of sp³-hybridized carbons (Fsp3) is 0.350. The zero-order valence-corrected chi connectivity index (χ0v) is 16.2. The number of rotatable bonds is 4. The monoisotopic (exact) mass is 393 g/mol. The lowest BCUT2D eigenvalue weighted by molar-refractivity contribution is -0.0204. The van der Waals surface area contributed by atoms with E-state index in [1.807, 2.05) is 31.2 Å². The molecule has 3 aromatic rings. The molecule has 2 N–H and O–H groups in total. The number of likely N-dealkylation sites (tertiary alicyclic amines) is 1. The van der Waals surface area contributed by atoms with E-state index >= 15 is 0 Å². The number of aromatic nitrogens is 5. The fourth-order valence-corrected chi connectivity index (χ4v) is 3.45. The molecule has 150 valence electrons. The molecule has 29 heavy (non-hydrogen) atoms. The first-order chi connectivity index (χ1) is 14.0. The quantitative estimate of drug-likeness (QED) is 0.696. The second kappa shape index (κ2) is 7.96. The number of aryl methyl sites for hydroxylation is 1. The van der Waals surface area contributed by atoms with Crippen LogP contribution >= 0.6 is 0 Å². The van der Waals surface area contributed by atoms with Crippen LogP contribution in [-0.2, 0) is 12.1 Å². The Morgan fingerprint density at radius 2 is 2.07 bits per heavy atom. The van der Waals surface area contributed by atoms with E-state index in [1.54, 1.807) is 28.3 Å². The number of carbonyl (C=O) groups is 1. The van der Waals surface area contributed by atoms with Gasteiger partial charge in [-0.3, -0.25) is 4.98 Å². The number of nitrogens with one attached hydrogen (secondary N) is 1. The van der Waals surface area contributed by atoms with E-state index in [4.69, 9.17) is 0 Å². The first kappa shape index (κ1) is 19.0. The number of aliphatic hydroxyl groups is 1. The third kappa shape index (κ3) is 4.09. The van der Waals surface area contributed by atoms with Crippen molar-refractivity contribution in [2.24, 2.45) is 0 Å². The number of amides is 2. The summed E-state index contributed by atoms with van der Waals surface area (Å²) < 4.78 is 1.57. The summed E-state index contributed by atoms with van der Waals surface area (Å²) in [6.07, 6.45) is 7.34.